The summed E-state index contributed by atoms with van der Waals surface area (Å²) in [5.41, 5.74) is -3.67. The molecule has 0 N–H and O–H groups in total. The second-order valence-electron chi connectivity index (χ2n) is 6.77. The molecule has 0 unspecified atom stereocenters. The van der Waals surface area contributed by atoms with Crippen LogP contribution >= 0.6 is 7.94 Å². The minimum Gasteiger partial charge on any atom is -0.683 e. The summed E-state index contributed by atoms with van der Waals surface area (Å²) in [5.74, 6) is -0.996. The van der Waals surface area contributed by atoms with E-state index in [2.05, 4.69) is 0 Å². The second kappa shape index (κ2) is 7.00. The van der Waals surface area contributed by atoms with Gasteiger partial charge in [0.2, 0.25) is 0 Å². The summed E-state index contributed by atoms with van der Waals surface area (Å²) in [7, 11) is -6.13. The van der Waals surface area contributed by atoms with E-state index in [1.54, 1.807) is 38.1 Å². The highest BCUT2D eigenvalue weighted by Gasteiger charge is 2.58. The van der Waals surface area contributed by atoms with Gasteiger partial charge < -0.3 is 33.6 Å². The van der Waals surface area contributed by atoms with Crippen LogP contribution in [-0.2, 0) is 25.6 Å². The van der Waals surface area contributed by atoms with Gasteiger partial charge in [-0.25, -0.2) is 0 Å². The molecule has 3 rings (SSSR count). The molecule has 0 aromatic heterocycles. The third-order valence-electron chi connectivity index (χ3n) is 4.22. The first-order valence-corrected chi connectivity index (χ1v) is 9.59. The quantitative estimate of drug-likeness (QED) is 0.640. The first-order valence-electron chi connectivity index (χ1n) is 8.05. The third-order valence-corrected chi connectivity index (χ3v) is 5.20. The van der Waals surface area contributed by atoms with E-state index in [0.717, 1.165) is 5.56 Å². The van der Waals surface area contributed by atoms with Crippen LogP contribution in [0.15, 0.2) is 30.3 Å². The molecule has 1 aromatic rings. The topological polar surface area (TPSA) is 106 Å². The third kappa shape index (κ3) is 4.21. The zero-order chi connectivity index (χ0) is 19.2. The van der Waals surface area contributed by atoms with Crippen molar-refractivity contribution in [2.24, 2.45) is 0 Å². The van der Waals surface area contributed by atoms with Crippen molar-refractivity contribution in [2.45, 2.75) is 62.9 Å². The molecule has 2 heterocycles. The Kier molecular flexibility index (Phi) is 5.38. The van der Waals surface area contributed by atoms with Crippen molar-refractivity contribution < 1.29 is 42.4 Å². The maximum atomic E-state index is 13.7. The van der Waals surface area contributed by atoms with E-state index >= 15 is 0 Å². The summed E-state index contributed by atoms with van der Waals surface area (Å²) in [6.45, 7) is 3.35. The van der Waals surface area contributed by atoms with Crippen LogP contribution in [-0.4, -0.2) is 36.1 Å². The maximum Gasteiger partial charge on any atom is 0.339 e. The van der Waals surface area contributed by atoms with E-state index in [1.807, 2.05) is 6.07 Å². The Bertz CT molecular complexity index is 623. The zero-order valence-electron chi connectivity index (χ0n) is 14.2. The molecule has 2 saturated heterocycles. The molecule has 146 valence electrons. The van der Waals surface area contributed by atoms with Gasteiger partial charge in [0.1, 0.15) is 12.2 Å². The molecular formula is C16H19F2O7P-2. The molecule has 0 aliphatic carbocycles. The van der Waals surface area contributed by atoms with Crippen LogP contribution in [0.3, 0.4) is 0 Å². The van der Waals surface area contributed by atoms with E-state index in [4.69, 9.17) is 18.9 Å². The molecule has 26 heavy (non-hydrogen) atoms. The van der Waals surface area contributed by atoms with Crippen molar-refractivity contribution in [3.63, 3.8) is 0 Å². The number of hydrogen-bond acceptors (Lipinski definition) is 7. The van der Waals surface area contributed by atoms with Gasteiger partial charge in [0.25, 0.3) is 0 Å². The predicted molar refractivity (Wildman–Crippen MR) is 80.2 cm³/mol. The van der Waals surface area contributed by atoms with Crippen LogP contribution < -0.4 is 14.7 Å². The van der Waals surface area contributed by atoms with Gasteiger partial charge in [-0.2, -0.15) is 8.78 Å². The molecule has 4 atom stereocenters. The molecule has 0 saturated carbocycles. The summed E-state index contributed by atoms with van der Waals surface area (Å²) in [4.78, 5) is 32.5. The number of hydrogen-bond donors (Lipinski definition) is 0. The van der Waals surface area contributed by atoms with Crippen molar-refractivity contribution in [2.75, 3.05) is 0 Å². The zero-order valence-corrected chi connectivity index (χ0v) is 15.1. The van der Waals surface area contributed by atoms with Crippen LogP contribution in [0.1, 0.15) is 25.8 Å². The van der Waals surface area contributed by atoms with Crippen LogP contribution in [0, 0.1) is 0 Å². The van der Waals surface area contributed by atoms with Gasteiger partial charge >= 0.3 is 5.66 Å². The van der Waals surface area contributed by atoms with Gasteiger partial charge in [-0.05, 0) is 19.4 Å². The van der Waals surface area contributed by atoms with Gasteiger partial charge in [0.05, 0.1) is 19.1 Å². The molecule has 0 radical (unpaired) electrons. The molecule has 0 spiro atoms. The Morgan fingerprint density at radius 2 is 1.81 bits per heavy atom. The van der Waals surface area contributed by atoms with Crippen molar-refractivity contribution in [1.29, 1.82) is 0 Å². The number of alkyl halides is 2. The fraction of sp³-hybridized carbons (Fsp3) is 0.625. The molecule has 2 aliphatic heterocycles. The van der Waals surface area contributed by atoms with Crippen LogP contribution in [0.5, 0.6) is 0 Å². The van der Waals surface area contributed by atoms with Gasteiger partial charge in [-0.15, -0.1) is 0 Å². The minimum absolute atomic E-state index is 0.0797. The lowest BCUT2D eigenvalue weighted by Crippen LogP contribution is -2.48. The average Bonchev–Trinajstić information content (AvgIpc) is 2.96. The lowest BCUT2D eigenvalue weighted by molar-refractivity contribution is -0.447. The lowest BCUT2D eigenvalue weighted by atomic mass is 10.1. The maximum absolute atomic E-state index is 13.7. The molecule has 10 heteroatoms. The van der Waals surface area contributed by atoms with Gasteiger partial charge in [-0.3, -0.25) is 0 Å². The monoisotopic (exact) mass is 392 g/mol. The number of fused-ring (bicyclic) bond motifs is 1. The highest BCUT2D eigenvalue weighted by atomic mass is 31.2. The molecule has 7 nitrogen and oxygen atoms in total. The first-order chi connectivity index (χ1) is 12.0. The van der Waals surface area contributed by atoms with Crippen molar-refractivity contribution in [3.8, 4) is 0 Å². The summed E-state index contributed by atoms with van der Waals surface area (Å²) in [6.07, 6.45) is -5.50. The van der Waals surface area contributed by atoms with Gasteiger partial charge in [0.15, 0.2) is 12.1 Å². The predicted octanol–water partition coefficient (Wildman–Crippen LogP) is 0.275. The summed E-state index contributed by atoms with van der Waals surface area (Å²) >= 11 is 0. The molecule has 2 aliphatic rings. The lowest BCUT2D eigenvalue weighted by Gasteiger charge is -2.47. The normalized spacial score (nSPS) is 31.2. The second-order valence-corrected chi connectivity index (χ2v) is 8.42. The largest absolute Gasteiger partial charge is 0.683 e. The van der Waals surface area contributed by atoms with E-state index in [-0.39, 0.29) is 6.61 Å². The SMILES string of the molecule is CC1(C)O[C@H]2O[C@H](CC(F)(F)[P+]([O-])([O-])[O-])[C@@H](OCc3ccccc3)[C@H]2O1. The summed E-state index contributed by atoms with van der Waals surface area (Å²) in [5, 5.41) is 0. The highest BCUT2D eigenvalue weighted by Crippen LogP contribution is 2.53. The highest BCUT2D eigenvalue weighted by molar-refractivity contribution is 7.55. The Morgan fingerprint density at radius 1 is 1.15 bits per heavy atom. The fourth-order valence-corrected chi connectivity index (χ4v) is 3.44. The summed E-state index contributed by atoms with van der Waals surface area (Å²) < 4.78 is 49.7. The van der Waals surface area contributed by atoms with E-state index in [9.17, 15) is 23.5 Å². The van der Waals surface area contributed by atoms with Crippen molar-refractivity contribution in [3.05, 3.63) is 35.9 Å². The van der Waals surface area contributed by atoms with Crippen molar-refractivity contribution >= 4 is 7.94 Å². The molecule has 0 bridgehead atoms. The van der Waals surface area contributed by atoms with Gasteiger partial charge in [-0.1, -0.05) is 38.3 Å². The number of benzene rings is 1. The molecule has 2 fully saturated rings. The van der Waals surface area contributed by atoms with Crippen LogP contribution in [0.4, 0.5) is 8.78 Å². The number of ether oxygens (including phenoxy) is 4. The molecule has 1 aromatic carbocycles. The van der Waals surface area contributed by atoms with Crippen LogP contribution in [0.2, 0.25) is 0 Å². The Hall–Kier alpha value is -0.770. The van der Waals surface area contributed by atoms with Gasteiger partial charge in [0, 0.05) is 0 Å². The number of rotatable bonds is 6. The average molecular weight is 392 g/mol. The van der Waals surface area contributed by atoms with Crippen molar-refractivity contribution in [1.82, 2.24) is 0 Å². The first kappa shape index (κ1) is 20.0. The Balaban J connectivity index is 1.75. The minimum atomic E-state index is -6.13. The smallest absolute Gasteiger partial charge is 0.339 e. The van der Waals surface area contributed by atoms with E-state index in [0.29, 0.717) is 0 Å². The molecule has 0 amide bonds. The molecular weight excluding hydrogens is 373 g/mol. The fourth-order valence-electron chi connectivity index (χ4n) is 3.03. The number of halogens is 2. The van der Waals surface area contributed by atoms with Crippen LogP contribution in [0.25, 0.3) is 0 Å². The standard InChI is InChI=1S/C16H21F2O7P/c1-15(2)24-13-12(22-9-10-6-4-3-5-7-10)11(23-14(13)25-15)8-16(17,18)26(19,20)21/h3-7,11-14H,8-9H2,1-2H3,(H2,19,20,21)/p-2/t11-,12-,13-,14-/m1/s1. The Morgan fingerprint density at radius 3 is 2.42 bits per heavy atom. The van der Waals surface area contributed by atoms with E-state index in [1.165, 1.54) is 0 Å². The van der Waals surface area contributed by atoms with E-state index < -0.39 is 50.4 Å². The Labute approximate surface area is 150 Å². The summed E-state index contributed by atoms with van der Waals surface area (Å²) in [6, 6.07) is 8.98.